The van der Waals surface area contributed by atoms with E-state index in [0.717, 1.165) is 42.5 Å². The Balaban J connectivity index is 0.00000512. The van der Waals surface area contributed by atoms with E-state index in [0.29, 0.717) is 13.2 Å². The number of ether oxygens (including phenoxy) is 2. The molecular weight excluding hydrogens is 517 g/mol. The van der Waals surface area contributed by atoms with Crippen LogP contribution in [0, 0.1) is 0 Å². The van der Waals surface area contributed by atoms with Crippen LogP contribution in [0.4, 0.5) is 0 Å². The van der Waals surface area contributed by atoms with Gasteiger partial charge in [-0.1, -0.05) is 6.07 Å². The predicted molar refractivity (Wildman–Crippen MR) is 145 cm³/mol. The number of unbranched alkanes of at least 4 members (excludes halogenated alkanes) is 1. The molecule has 1 heterocycles. The Hall–Kier alpha value is -1.26. The van der Waals surface area contributed by atoms with Gasteiger partial charge < -0.3 is 29.9 Å². The van der Waals surface area contributed by atoms with Crippen LogP contribution in [-0.4, -0.2) is 81.8 Å². The summed E-state index contributed by atoms with van der Waals surface area (Å²) in [7, 11) is 2.20. The highest BCUT2D eigenvalue weighted by atomic mass is 127. The Bertz CT molecular complexity index is 666. The molecule has 2 N–H and O–H groups in total. The van der Waals surface area contributed by atoms with Gasteiger partial charge in [0.15, 0.2) is 17.5 Å². The summed E-state index contributed by atoms with van der Waals surface area (Å²) in [5.74, 6) is 2.45. The van der Waals surface area contributed by atoms with E-state index in [1.807, 2.05) is 19.9 Å². The molecule has 1 aliphatic rings. The molecule has 1 unspecified atom stereocenters. The van der Waals surface area contributed by atoms with E-state index in [1.54, 1.807) is 0 Å². The smallest absolute Gasteiger partial charge is 0.191 e. The number of halogens is 1. The fraction of sp³-hybridized carbons (Fsp3) is 0.708. The van der Waals surface area contributed by atoms with Crippen molar-refractivity contribution in [3.8, 4) is 11.5 Å². The zero-order chi connectivity index (χ0) is 22.5. The first-order valence-electron chi connectivity index (χ1n) is 11.9. The molecule has 1 aromatic carbocycles. The van der Waals surface area contributed by atoms with Crippen molar-refractivity contribution in [2.75, 3.05) is 66.1 Å². The molecule has 7 nitrogen and oxygen atoms in total. The highest BCUT2D eigenvalue weighted by Crippen LogP contribution is 2.30. The van der Waals surface area contributed by atoms with Crippen molar-refractivity contribution in [2.24, 2.45) is 4.99 Å². The number of piperazine rings is 1. The molecule has 0 radical (unpaired) electrons. The zero-order valence-corrected chi connectivity index (χ0v) is 23.0. The number of hydrogen-bond acceptors (Lipinski definition) is 5. The van der Waals surface area contributed by atoms with Crippen LogP contribution in [0.5, 0.6) is 11.5 Å². The minimum atomic E-state index is 0. The van der Waals surface area contributed by atoms with Crippen LogP contribution in [0.2, 0.25) is 0 Å². The number of benzene rings is 1. The molecule has 184 valence electrons. The maximum atomic E-state index is 5.78. The van der Waals surface area contributed by atoms with Gasteiger partial charge in [-0.2, -0.15) is 0 Å². The van der Waals surface area contributed by atoms with Gasteiger partial charge in [0.05, 0.1) is 19.3 Å². The lowest BCUT2D eigenvalue weighted by atomic mass is 10.1. The molecule has 32 heavy (non-hydrogen) atoms. The van der Waals surface area contributed by atoms with Crippen LogP contribution in [0.3, 0.4) is 0 Å². The van der Waals surface area contributed by atoms with Gasteiger partial charge in [0, 0.05) is 39.3 Å². The van der Waals surface area contributed by atoms with Crippen molar-refractivity contribution in [1.82, 2.24) is 20.4 Å². The molecule has 1 fully saturated rings. The molecule has 1 aromatic rings. The predicted octanol–water partition coefficient (Wildman–Crippen LogP) is 3.75. The van der Waals surface area contributed by atoms with Gasteiger partial charge in [-0.15, -0.1) is 24.0 Å². The van der Waals surface area contributed by atoms with Crippen molar-refractivity contribution >= 4 is 29.9 Å². The normalized spacial score (nSPS) is 16.2. The highest BCUT2D eigenvalue weighted by molar-refractivity contribution is 14.0. The first-order chi connectivity index (χ1) is 15.1. The number of nitrogens with one attached hydrogen (secondary N) is 2. The van der Waals surface area contributed by atoms with Crippen LogP contribution >= 0.6 is 24.0 Å². The third-order valence-electron chi connectivity index (χ3n) is 5.51. The lowest BCUT2D eigenvalue weighted by molar-refractivity contribution is 0.152. The zero-order valence-electron chi connectivity index (χ0n) is 20.7. The molecule has 1 atom stereocenters. The number of hydrogen-bond donors (Lipinski definition) is 2. The topological polar surface area (TPSA) is 61.4 Å². The first-order valence-corrected chi connectivity index (χ1v) is 11.9. The summed E-state index contributed by atoms with van der Waals surface area (Å²) >= 11 is 0. The maximum Gasteiger partial charge on any atom is 0.191 e. The average molecular weight is 562 g/mol. The molecule has 0 amide bonds. The quantitative estimate of drug-likeness (QED) is 0.176. The van der Waals surface area contributed by atoms with Crippen molar-refractivity contribution in [1.29, 1.82) is 0 Å². The summed E-state index contributed by atoms with van der Waals surface area (Å²) in [5, 5.41) is 6.89. The Morgan fingerprint density at radius 2 is 1.72 bits per heavy atom. The van der Waals surface area contributed by atoms with Gasteiger partial charge in [-0.3, -0.25) is 4.99 Å². The standard InChI is InChI=1S/C24H43N5O2.HI/c1-6-25-24(26-13-9-10-14-29-17-15-28(5)16-18-29)27-20(4)21-11-12-22(30-7-2)23(19-21)31-8-3;/h11-12,19-20H,6-10,13-18H2,1-5H3,(H2,25,26,27);1H. The molecule has 2 rings (SSSR count). The van der Waals surface area contributed by atoms with Crippen LogP contribution in [0.25, 0.3) is 0 Å². The molecule has 1 saturated heterocycles. The Morgan fingerprint density at radius 3 is 2.38 bits per heavy atom. The number of guanidine groups is 1. The molecule has 0 saturated carbocycles. The van der Waals surface area contributed by atoms with Crippen LogP contribution < -0.4 is 20.1 Å². The van der Waals surface area contributed by atoms with Crippen LogP contribution in [0.15, 0.2) is 23.2 Å². The minimum Gasteiger partial charge on any atom is -0.490 e. The Kier molecular flexibility index (Phi) is 14.7. The largest absolute Gasteiger partial charge is 0.490 e. The molecule has 0 bridgehead atoms. The summed E-state index contributed by atoms with van der Waals surface area (Å²) in [6.45, 7) is 17.0. The van der Waals surface area contributed by atoms with Crippen molar-refractivity contribution in [3.05, 3.63) is 23.8 Å². The number of aliphatic imine (C=N–C) groups is 1. The van der Waals surface area contributed by atoms with Gasteiger partial charge in [0.2, 0.25) is 0 Å². The first kappa shape index (κ1) is 28.8. The van der Waals surface area contributed by atoms with Gasteiger partial charge in [0.25, 0.3) is 0 Å². The van der Waals surface area contributed by atoms with Gasteiger partial charge in [-0.05, 0) is 71.8 Å². The number of likely N-dealkylation sites (N-methyl/N-ethyl adjacent to an activating group) is 1. The van der Waals surface area contributed by atoms with E-state index in [1.165, 1.54) is 39.1 Å². The second-order valence-corrected chi connectivity index (χ2v) is 8.05. The third kappa shape index (κ3) is 10.1. The molecule has 1 aliphatic heterocycles. The SMILES string of the molecule is CCNC(=NCCCCN1CCN(C)CC1)NC(C)c1ccc(OCC)c(OCC)c1.I. The molecule has 0 aliphatic carbocycles. The van der Waals surface area contributed by atoms with Crippen molar-refractivity contribution in [3.63, 3.8) is 0 Å². The molecule has 8 heteroatoms. The maximum absolute atomic E-state index is 5.78. The summed E-state index contributed by atoms with van der Waals surface area (Å²) in [6, 6.07) is 6.25. The molecular formula is C24H44IN5O2. The Morgan fingerprint density at radius 1 is 1.03 bits per heavy atom. The highest BCUT2D eigenvalue weighted by Gasteiger charge is 2.14. The van der Waals surface area contributed by atoms with Gasteiger partial charge in [-0.25, -0.2) is 0 Å². The van der Waals surface area contributed by atoms with Gasteiger partial charge in [0.1, 0.15) is 0 Å². The fourth-order valence-corrected chi connectivity index (χ4v) is 3.66. The fourth-order valence-electron chi connectivity index (χ4n) is 3.66. The van der Waals surface area contributed by atoms with E-state index >= 15 is 0 Å². The van der Waals surface area contributed by atoms with E-state index in [2.05, 4.69) is 53.5 Å². The summed E-state index contributed by atoms with van der Waals surface area (Å²) in [4.78, 5) is 9.76. The lowest BCUT2D eigenvalue weighted by Gasteiger charge is -2.32. The third-order valence-corrected chi connectivity index (χ3v) is 5.51. The monoisotopic (exact) mass is 561 g/mol. The van der Waals surface area contributed by atoms with Crippen LogP contribution in [-0.2, 0) is 0 Å². The summed E-state index contributed by atoms with van der Waals surface area (Å²) < 4.78 is 11.5. The van der Waals surface area contributed by atoms with E-state index in [4.69, 9.17) is 14.5 Å². The lowest BCUT2D eigenvalue weighted by Crippen LogP contribution is -2.44. The summed E-state index contributed by atoms with van der Waals surface area (Å²) in [6.07, 6.45) is 2.30. The summed E-state index contributed by atoms with van der Waals surface area (Å²) in [5.41, 5.74) is 1.15. The molecule has 0 spiro atoms. The Labute approximate surface area is 212 Å². The van der Waals surface area contributed by atoms with E-state index < -0.39 is 0 Å². The molecule has 0 aromatic heterocycles. The van der Waals surface area contributed by atoms with Gasteiger partial charge >= 0.3 is 0 Å². The van der Waals surface area contributed by atoms with E-state index in [9.17, 15) is 0 Å². The van der Waals surface area contributed by atoms with Crippen molar-refractivity contribution in [2.45, 2.75) is 46.6 Å². The number of rotatable bonds is 12. The second-order valence-electron chi connectivity index (χ2n) is 8.05. The second kappa shape index (κ2) is 16.4. The van der Waals surface area contributed by atoms with Crippen LogP contribution in [0.1, 0.15) is 52.1 Å². The average Bonchev–Trinajstić information content (AvgIpc) is 2.76. The number of nitrogens with zero attached hydrogens (tertiary/aromatic N) is 3. The van der Waals surface area contributed by atoms with Crippen molar-refractivity contribution < 1.29 is 9.47 Å². The minimum absolute atomic E-state index is 0. The van der Waals surface area contributed by atoms with E-state index in [-0.39, 0.29) is 30.0 Å².